The predicted octanol–water partition coefficient (Wildman–Crippen LogP) is 5.05. The van der Waals surface area contributed by atoms with E-state index in [9.17, 15) is 24.2 Å². The smallest absolute Gasteiger partial charge is 0.323 e. The molecule has 0 saturated heterocycles. The Morgan fingerprint density at radius 1 is 1.15 bits per heavy atom. The lowest BCUT2D eigenvalue weighted by atomic mass is 9.98. The van der Waals surface area contributed by atoms with Crippen molar-refractivity contribution in [3.8, 4) is 0 Å². The molecule has 0 bridgehead atoms. The average Bonchev–Trinajstić information content (AvgIpc) is 2.97. The molecule has 1 saturated carbocycles. The molecule has 6 nitrogen and oxygen atoms in total. The molecule has 2 aromatic rings. The van der Waals surface area contributed by atoms with Gasteiger partial charge >= 0.3 is 5.97 Å². The molecule has 8 heteroatoms. The van der Waals surface area contributed by atoms with Crippen LogP contribution >= 0.6 is 11.6 Å². The minimum absolute atomic E-state index is 0.0217. The van der Waals surface area contributed by atoms with Crippen molar-refractivity contribution in [1.82, 2.24) is 4.90 Å². The number of aliphatic hydroxyl groups excluding tert-OH is 1. The molecule has 0 heterocycles. The van der Waals surface area contributed by atoms with Crippen LogP contribution in [0.4, 0.5) is 10.1 Å². The third-order valence-electron chi connectivity index (χ3n) is 6.35. The first-order chi connectivity index (χ1) is 16.1. The van der Waals surface area contributed by atoms with Gasteiger partial charge in [0.15, 0.2) is 0 Å². The van der Waals surface area contributed by atoms with Gasteiger partial charge in [-0.25, -0.2) is 4.39 Å². The third-order valence-corrected chi connectivity index (χ3v) is 6.64. The van der Waals surface area contributed by atoms with E-state index in [1.807, 2.05) is 12.1 Å². The van der Waals surface area contributed by atoms with Crippen LogP contribution in [-0.2, 0) is 16.1 Å². The molecule has 34 heavy (non-hydrogen) atoms. The molecule has 1 fully saturated rings. The lowest BCUT2D eigenvalue weighted by Gasteiger charge is -2.26. The summed E-state index contributed by atoms with van der Waals surface area (Å²) in [6.07, 6.45) is 1.38. The third kappa shape index (κ3) is 6.93. The Balaban J connectivity index is 1.69. The molecule has 0 aliphatic heterocycles. The lowest BCUT2D eigenvalue weighted by Crippen LogP contribution is -2.39. The number of hydrogen-bond acceptors (Lipinski definition) is 4. The summed E-state index contributed by atoms with van der Waals surface area (Å²) in [5, 5.41) is 23.4. The van der Waals surface area contributed by atoms with E-state index in [-0.39, 0.29) is 23.5 Å². The zero-order valence-corrected chi connectivity index (χ0v) is 20.3. The zero-order valence-electron chi connectivity index (χ0n) is 19.5. The fraction of sp³-hybridized carbons (Fsp3) is 0.462. The van der Waals surface area contributed by atoms with E-state index in [4.69, 9.17) is 11.6 Å². The van der Waals surface area contributed by atoms with Crippen molar-refractivity contribution in [2.75, 3.05) is 11.9 Å². The number of benzene rings is 2. The fourth-order valence-corrected chi connectivity index (χ4v) is 4.60. The lowest BCUT2D eigenvalue weighted by molar-refractivity contribution is -0.147. The summed E-state index contributed by atoms with van der Waals surface area (Å²) in [4.78, 5) is 26.0. The standard InChI is InChI=1S/C26H32ClFN2O4/c1-16(2)19-4-3-5-20(13-19)29-23-10-7-18(8-11-24(23)31)26(34)30(15-25(32)33)14-17-6-9-22(28)21(27)12-17/h3-6,9,12-13,16,18,23-24,29,31H,7-8,10-11,14-15H2,1-2H3,(H,32,33)/t18-,23+,24+/m1/s1. The number of carbonyl (C=O) groups excluding carboxylic acids is 1. The molecule has 3 rings (SSSR count). The topological polar surface area (TPSA) is 89.9 Å². The van der Waals surface area contributed by atoms with E-state index in [2.05, 4.69) is 31.3 Å². The maximum atomic E-state index is 13.5. The van der Waals surface area contributed by atoms with Gasteiger partial charge in [0.2, 0.25) is 5.91 Å². The molecule has 0 unspecified atom stereocenters. The SMILES string of the molecule is CC(C)c1cccc(N[C@H]2CC[C@@H](C(=O)N(CC(=O)O)Cc3ccc(F)c(Cl)c3)CC[C@@H]2O)c1. The Morgan fingerprint density at radius 3 is 2.56 bits per heavy atom. The van der Waals surface area contributed by atoms with Crippen LogP contribution in [0, 0.1) is 11.7 Å². The molecule has 0 radical (unpaired) electrons. The summed E-state index contributed by atoms with van der Waals surface area (Å²) in [6, 6.07) is 12.0. The van der Waals surface area contributed by atoms with Crippen molar-refractivity contribution >= 4 is 29.2 Å². The van der Waals surface area contributed by atoms with E-state index in [0.717, 1.165) is 5.69 Å². The van der Waals surface area contributed by atoms with Crippen molar-refractivity contribution in [1.29, 1.82) is 0 Å². The van der Waals surface area contributed by atoms with Crippen molar-refractivity contribution in [2.24, 2.45) is 5.92 Å². The molecule has 2 aromatic carbocycles. The van der Waals surface area contributed by atoms with Gasteiger partial charge in [0.05, 0.1) is 17.2 Å². The second-order valence-corrected chi connectivity index (χ2v) is 9.69. The van der Waals surface area contributed by atoms with Gasteiger partial charge in [-0.1, -0.05) is 43.6 Å². The number of hydrogen-bond donors (Lipinski definition) is 3. The summed E-state index contributed by atoms with van der Waals surface area (Å²) < 4.78 is 13.5. The number of nitrogens with one attached hydrogen (secondary N) is 1. The zero-order chi connectivity index (χ0) is 24.8. The monoisotopic (exact) mass is 490 g/mol. The number of rotatable bonds is 8. The second kappa shape index (κ2) is 11.7. The molecule has 0 aromatic heterocycles. The normalized spacial score (nSPS) is 20.6. The summed E-state index contributed by atoms with van der Waals surface area (Å²) in [7, 11) is 0. The van der Waals surface area contributed by atoms with E-state index < -0.39 is 30.4 Å². The van der Waals surface area contributed by atoms with E-state index in [0.29, 0.717) is 37.2 Å². The molecular formula is C26H32ClFN2O4. The number of aliphatic carboxylic acids is 1. The maximum absolute atomic E-state index is 13.5. The minimum atomic E-state index is -1.13. The molecule has 1 amide bonds. The van der Waals surface area contributed by atoms with Gasteiger partial charge in [-0.3, -0.25) is 9.59 Å². The van der Waals surface area contributed by atoms with Crippen LogP contribution in [-0.4, -0.2) is 45.7 Å². The molecular weight excluding hydrogens is 459 g/mol. The first kappa shape index (κ1) is 26.0. The molecule has 1 aliphatic rings. The van der Waals surface area contributed by atoms with Gasteiger partial charge in [0.1, 0.15) is 12.4 Å². The maximum Gasteiger partial charge on any atom is 0.323 e. The van der Waals surface area contributed by atoms with Gasteiger partial charge in [-0.05, 0) is 67.0 Å². The van der Waals surface area contributed by atoms with Crippen molar-refractivity contribution in [3.63, 3.8) is 0 Å². The van der Waals surface area contributed by atoms with Crippen molar-refractivity contribution < 1.29 is 24.2 Å². The Kier molecular flexibility index (Phi) is 8.91. The Labute approximate surface area is 204 Å². The van der Waals surface area contributed by atoms with E-state index in [1.165, 1.54) is 28.7 Å². The van der Waals surface area contributed by atoms with Crippen LogP contribution in [0.2, 0.25) is 5.02 Å². The highest BCUT2D eigenvalue weighted by molar-refractivity contribution is 6.30. The summed E-state index contributed by atoms with van der Waals surface area (Å²) in [6.45, 7) is 3.81. The number of carbonyl (C=O) groups is 2. The molecule has 3 N–H and O–H groups in total. The quantitative estimate of drug-likeness (QED) is 0.451. The minimum Gasteiger partial charge on any atom is -0.480 e. The van der Waals surface area contributed by atoms with E-state index >= 15 is 0 Å². The Bertz CT molecular complexity index is 1020. The largest absolute Gasteiger partial charge is 0.480 e. The summed E-state index contributed by atoms with van der Waals surface area (Å²) >= 11 is 5.85. The van der Waals surface area contributed by atoms with E-state index in [1.54, 1.807) is 0 Å². The first-order valence-corrected chi connectivity index (χ1v) is 12.0. The number of anilines is 1. The highest BCUT2D eigenvalue weighted by Gasteiger charge is 2.32. The number of carboxylic acids is 1. The molecule has 3 atom stereocenters. The average molecular weight is 491 g/mol. The van der Waals surface area contributed by atoms with Crippen LogP contribution in [0.1, 0.15) is 56.6 Å². The van der Waals surface area contributed by atoms with Crippen LogP contribution in [0.25, 0.3) is 0 Å². The highest BCUT2D eigenvalue weighted by atomic mass is 35.5. The molecule has 1 aliphatic carbocycles. The number of carboxylic acid groups (broad SMARTS) is 1. The van der Waals surface area contributed by atoms with Gasteiger partial charge in [-0.2, -0.15) is 0 Å². The number of halogens is 2. The molecule has 184 valence electrons. The Hall–Kier alpha value is -2.64. The highest BCUT2D eigenvalue weighted by Crippen LogP contribution is 2.29. The number of nitrogens with zero attached hydrogens (tertiary/aromatic N) is 1. The van der Waals surface area contributed by atoms with Gasteiger partial charge in [0.25, 0.3) is 0 Å². The van der Waals surface area contributed by atoms with Crippen LogP contribution in [0.3, 0.4) is 0 Å². The van der Waals surface area contributed by atoms with Gasteiger partial charge in [0, 0.05) is 18.2 Å². The van der Waals surface area contributed by atoms with Crippen LogP contribution in [0.15, 0.2) is 42.5 Å². The summed E-state index contributed by atoms with van der Waals surface area (Å²) in [5.41, 5.74) is 2.69. The van der Waals surface area contributed by atoms with Gasteiger partial charge in [-0.15, -0.1) is 0 Å². The number of aliphatic hydroxyl groups is 1. The predicted molar refractivity (Wildman–Crippen MR) is 130 cm³/mol. The van der Waals surface area contributed by atoms with Crippen molar-refractivity contribution in [2.45, 2.75) is 64.1 Å². The number of amides is 1. The summed E-state index contributed by atoms with van der Waals surface area (Å²) in [5.74, 6) is -1.99. The first-order valence-electron chi connectivity index (χ1n) is 11.6. The van der Waals surface area contributed by atoms with Gasteiger partial charge < -0.3 is 20.4 Å². The van der Waals surface area contributed by atoms with Crippen molar-refractivity contribution in [3.05, 3.63) is 64.4 Å². The second-order valence-electron chi connectivity index (χ2n) is 9.29. The Morgan fingerprint density at radius 2 is 1.88 bits per heavy atom. The fourth-order valence-electron chi connectivity index (χ4n) is 4.40. The van der Waals surface area contributed by atoms with Crippen LogP contribution < -0.4 is 5.32 Å². The molecule has 0 spiro atoms. The van der Waals surface area contributed by atoms with Crippen LogP contribution in [0.5, 0.6) is 0 Å².